The second-order valence-corrected chi connectivity index (χ2v) is 4.47. The lowest BCUT2D eigenvalue weighted by molar-refractivity contribution is 0.152. The van der Waals surface area contributed by atoms with Crippen molar-refractivity contribution in [3.05, 3.63) is 0 Å². The van der Waals surface area contributed by atoms with Crippen LogP contribution in [0.3, 0.4) is 0 Å². The molecule has 0 atom stereocenters. The maximum Gasteiger partial charge on any atom is 0.124 e. The summed E-state index contributed by atoms with van der Waals surface area (Å²) < 4.78 is 0. The summed E-state index contributed by atoms with van der Waals surface area (Å²) in [6.45, 7) is 5.23. The van der Waals surface area contributed by atoms with Crippen LogP contribution in [0.15, 0.2) is 5.10 Å². The topological polar surface area (TPSA) is 39.4 Å². The number of thioether (sulfide) groups is 1. The Morgan fingerprint density at radius 3 is 3.00 bits per heavy atom. The fourth-order valence-corrected chi connectivity index (χ4v) is 2.25. The fourth-order valence-electron chi connectivity index (χ4n) is 1.16. The van der Waals surface area contributed by atoms with E-state index in [1.54, 1.807) is 0 Å². The number of nitrogens with zero attached hydrogens (tertiary/aromatic N) is 3. The molecule has 3 nitrogen and oxygen atoms in total. The molecule has 1 heterocycles. The lowest BCUT2D eigenvalue weighted by atomic mass is 10.1. The molecule has 0 saturated carbocycles. The molecule has 12 heavy (non-hydrogen) atoms. The van der Waals surface area contributed by atoms with Gasteiger partial charge < -0.3 is 0 Å². The Balaban J connectivity index is 2.61. The van der Waals surface area contributed by atoms with E-state index in [0.29, 0.717) is 0 Å². The summed E-state index contributed by atoms with van der Waals surface area (Å²) in [5, 5.41) is 14.4. The number of hydrazone groups is 1. The Hall–Kier alpha value is -0.690. The molecule has 1 saturated heterocycles. The normalized spacial score (nSPS) is 22.6. The maximum atomic E-state index is 8.34. The summed E-state index contributed by atoms with van der Waals surface area (Å²) in [4.78, 5) is 0. The van der Waals surface area contributed by atoms with E-state index in [1.165, 1.54) is 6.21 Å². The monoisotopic (exact) mass is 183 g/mol. The van der Waals surface area contributed by atoms with E-state index in [0.717, 1.165) is 18.1 Å². The SMILES string of the molecule is CC1(C)CSCCN1/N=C/C#N. The Kier molecular flexibility index (Phi) is 2.99. The third-order valence-electron chi connectivity index (χ3n) is 1.86. The Labute approximate surface area is 77.4 Å². The summed E-state index contributed by atoms with van der Waals surface area (Å²) in [6, 6.07) is 1.91. The summed E-state index contributed by atoms with van der Waals surface area (Å²) >= 11 is 1.94. The standard InChI is InChI=1S/C8H13N3S/c1-8(2)7-12-6-5-11(8)10-4-3-9/h4H,5-7H2,1-2H3/b10-4+. The van der Waals surface area contributed by atoms with Crippen LogP contribution >= 0.6 is 11.8 Å². The molecular formula is C8H13N3S. The van der Waals surface area contributed by atoms with E-state index in [1.807, 2.05) is 22.8 Å². The average molecular weight is 183 g/mol. The van der Waals surface area contributed by atoms with Gasteiger partial charge in [0.15, 0.2) is 0 Å². The first-order valence-electron chi connectivity index (χ1n) is 3.94. The van der Waals surface area contributed by atoms with Crippen LogP contribution < -0.4 is 0 Å². The lowest BCUT2D eigenvalue weighted by Gasteiger charge is -2.39. The molecule has 66 valence electrons. The first-order valence-corrected chi connectivity index (χ1v) is 5.10. The van der Waals surface area contributed by atoms with E-state index in [4.69, 9.17) is 5.26 Å². The van der Waals surface area contributed by atoms with Gasteiger partial charge in [0.05, 0.1) is 5.54 Å². The Bertz CT molecular complexity index is 217. The molecule has 0 aromatic carbocycles. The highest BCUT2D eigenvalue weighted by atomic mass is 32.2. The van der Waals surface area contributed by atoms with Crippen LogP contribution in [-0.2, 0) is 0 Å². The molecule has 0 N–H and O–H groups in total. The van der Waals surface area contributed by atoms with Gasteiger partial charge in [0.1, 0.15) is 12.3 Å². The van der Waals surface area contributed by atoms with Crippen molar-refractivity contribution in [3.8, 4) is 6.07 Å². The average Bonchev–Trinajstić information content (AvgIpc) is 2.02. The van der Waals surface area contributed by atoms with Crippen LogP contribution in [0.2, 0.25) is 0 Å². The molecule has 0 aliphatic carbocycles. The molecular weight excluding hydrogens is 170 g/mol. The second-order valence-electron chi connectivity index (χ2n) is 3.36. The predicted molar refractivity (Wildman–Crippen MR) is 52.2 cm³/mol. The van der Waals surface area contributed by atoms with Gasteiger partial charge in [-0.3, -0.25) is 5.01 Å². The van der Waals surface area contributed by atoms with Crippen molar-refractivity contribution in [3.63, 3.8) is 0 Å². The molecule has 4 heteroatoms. The summed E-state index contributed by atoms with van der Waals surface area (Å²) in [6.07, 6.45) is 1.30. The predicted octanol–water partition coefficient (Wildman–Crippen LogP) is 1.32. The summed E-state index contributed by atoms with van der Waals surface area (Å²) in [5.41, 5.74) is 0.0935. The zero-order chi connectivity index (χ0) is 9.03. The molecule has 0 spiro atoms. The van der Waals surface area contributed by atoms with Gasteiger partial charge in [-0.25, -0.2) is 0 Å². The Morgan fingerprint density at radius 1 is 1.67 bits per heavy atom. The molecule has 1 rings (SSSR count). The van der Waals surface area contributed by atoms with Crippen LogP contribution in [0, 0.1) is 11.3 Å². The van der Waals surface area contributed by atoms with Crippen molar-refractivity contribution in [2.24, 2.45) is 5.10 Å². The summed E-state index contributed by atoms with van der Waals surface area (Å²) in [5.74, 6) is 2.18. The molecule has 0 amide bonds. The van der Waals surface area contributed by atoms with Gasteiger partial charge in [-0.05, 0) is 13.8 Å². The quantitative estimate of drug-likeness (QED) is 0.576. The molecule has 0 bridgehead atoms. The first-order chi connectivity index (χ1) is 5.67. The van der Waals surface area contributed by atoms with Crippen molar-refractivity contribution >= 4 is 18.0 Å². The van der Waals surface area contributed by atoms with Crippen molar-refractivity contribution in [1.82, 2.24) is 5.01 Å². The molecule has 0 aromatic heterocycles. The summed E-state index contributed by atoms with van der Waals surface area (Å²) in [7, 11) is 0. The van der Waals surface area contributed by atoms with E-state index in [9.17, 15) is 0 Å². The van der Waals surface area contributed by atoms with Crippen molar-refractivity contribution < 1.29 is 0 Å². The first kappa shape index (κ1) is 9.40. The maximum absolute atomic E-state index is 8.34. The third kappa shape index (κ3) is 2.15. The van der Waals surface area contributed by atoms with Gasteiger partial charge in [0, 0.05) is 18.1 Å². The van der Waals surface area contributed by atoms with E-state index in [-0.39, 0.29) is 5.54 Å². The van der Waals surface area contributed by atoms with Crippen molar-refractivity contribution in [2.75, 3.05) is 18.1 Å². The number of hydrogen-bond donors (Lipinski definition) is 0. The van der Waals surface area contributed by atoms with Crippen LogP contribution in [0.4, 0.5) is 0 Å². The third-order valence-corrected chi connectivity index (χ3v) is 3.24. The molecule has 1 aliphatic heterocycles. The molecule has 0 unspecified atom stereocenters. The van der Waals surface area contributed by atoms with E-state index < -0.39 is 0 Å². The van der Waals surface area contributed by atoms with Gasteiger partial charge in [-0.1, -0.05) is 0 Å². The van der Waals surface area contributed by atoms with Crippen molar-refractivity contribution in [2.45, 2.75) is 19.4 Å². The highest BCUT2D eigenvalue weighted by molar-refractivity contribution is 7.99. The van der Waals surface area contributed by atoms with Gasteiger partial charge >= 0.3 is 0 Å². The second kappa shape index (κ2) is 3.81. The van der Waals surface area contributed by atoms with Crippen LogP contribution in [0.25, 0.3) is 0 Å². The highest BCUT2D eigenvalue weighted by Gasteiger charge is 2.28. The van der Waals surface area contributed by atoms with Gasteiger partial charge in [-0.2, -0.15) is 22.1 Å². The Morgan fingerprint density at radius 2 is 2.42 bits per heavy atom. The largest absolute Gasteiger partial charge is 0.289 e. The minimum atomic E-state index is 0.0935. The smallest absolute Gasteiger partial charge is 0.124 e. The highest BCUT2D eigenvalue weighted by Crippen LogP contribution is 2.25. The minimum absolute atomic E-state index is 0.0935. The number of rotatable bonds is 1. The number of hydrogen-bond acceptors (Lipinski definition) is 4. The van der Waals surface area contributed by atoms with Crippen LogP contribution in [0.5, 0.6) is 0 Å². The van der Waals surface area contributed by atoms with Crippen LogP contribution in [0.1, 0.15) is 13.8 Å². The van der Waals surface area contributed by atoms with Crippen LogP contribution in [-0.4, -0.2) is 34.8 Å². The minimum Gasteiger partial charge on any atom is -0.289 e. The molecule has 0 aromatic rings. The van der Waals surface area contributed by atoms with E-state index in [2.05, 4.69) is 18.9 Å². The fraction of sp³-hybridized carbons (Fsp3) is 0.750. The zero-order valence-corrected chi connectivity index (χ0v) is 8.27. The lowest BCUT2D eigenvalue weighted by Crippen LogP contribution is -2.46. The molecule has 0 radical (unpaired) electrons. The van der Waals surface area contributed by atoms with E-state index >= 15 is 0 Å². The van der Waals surface area contributed by atoms with Gasteiger partial charge in [0.2, 0.25) is 0 Å². The zero-order valence-electron chi connectivity index (χ0n) is 7.45. The van der Waals surface area contributed by atoms with Crippen molar-refractivity contribution in [1.29, 1.82) is 5.26 Å². The van der Waals surface area contributed by atoms with Gasteiger partial charge in [-0.15, -0.1) is 0 Å². The molecule has 1 fully saturated rings. The van der Waals surface area contributed by atoms with Gasteiger partial charge in [0.25, 0.3) is 0 Å². The number of nitriles is 1. The molecule has 1 aliphatic rings.